The first kappa shape index (κ1) is 56.4. The van der Waals surface area contributed by atoms with Crippen molar-refractivity contribution in [3.05, 3.63) is 0 Å². The molecule has 344 valence electrons. The van der Waals surface area contributed by atoms with Crippen LogP contribution in [0.3, 0.4) is 0 Å². The zero-order chi connectivity index (χ0) is 42.7. The van der Waals surface area contributed by atoms with Crippen molar-refractivity contribution < 1.29 is 28.6 Å². The molecule has 0 radical (unpaired) electrons. The van der Waals surface area contributed by atoms with E-state index in [0.717, 1.165) is 75.5 Å². The van der Waals surface area contributed by atoms with Crippen LogP contribution in [0.25, 0.3) is 0 Å². The summed E-state index contributed by atoms with van der Waals surface area (Å²) in [5.74, 6) is 1.57. The number of unbranched alkanes of at least 4 members (excludes halogenated alkanes) is 27. The average Bonchev–Trinajstić information content (AvgIpc) is 3.19. The molecule has 0 heterocycles. The summed E-state index contributed by atoms with van der Waals surface area (Å²) in [5.41, 5.74) is 0. The van der Waals surface area contributed by atoms with E-state index < -0.39 is 6.10 Å². The largest absolute Gasteiger partial charge is 0.462 e. The minimum absolute atomic E-state index is 0.0664. The summed E-state index contributed by atoms with van der Waals surface area (Å²) >= 11 is 0. The van der Waals surface area contributed by atoms with Crippen LogP contribution in [0, 0.1) is 17.8 Å². The molecule has 1 unspecified atom stereocenters. The first-order chi connectivity index (χ1) is 28.1. The molecular formula is C52H100O6. The second-order valence-corrected chi connectivity index (χ2v) is 19.0. The third-order valence-corrected chi connectivity index (χ3v) is 12.0. The molecule has 0 aromatic carbocycles. The van der Waals surface area contributed by atoms with Gasteiger partial charge in [0.05, 0.1) is 0 Å². The Bertz CT molecular complexity index is 900. The van der Waals surface area contributed by atoms with Gasteiger partial charge in [0.15, 0.2) is 6.10 Å². The van der Waals surface area contributed by atoms with Gasteiger partial charge in [0, 0.05) is 19.3 Å². The van der Waals surface area contributed by atoms with E-state index in [-0.39, 0.29) is 31.1 Å². The minimum Gasteiger partial charge on any atom is -0.462 e. The van der Waals surface area contributed by atoms with Crippen LogP contribution in [0.2, 0.25) is 0 Å². The standard InChI is InChI=1S/C52H100O6/c1-7-48(6)40-34-28-23-25-30-36-42-51(54)57-45-49(58-52(55)43-37-31-24-22-27-33-39-47(4)5)44-56-50(53)41-35-29-21-19-17-15-13-11-9-8-10-12-14-16-18-20-26-32-38-46(2)3/h46-49H,7-45H2,1-6H3/t48?,49-/m0/s1. The molecule has 0 amide bonds. The fourth-order valence-corrected chi connectivity index (χ4v) is 7.73. The topological polar surface area (TPSA) is 78.9 Å². The van der Waals surface area contributed by atoms with Gasteiger partial charge in [0.1, 0.15) is 13.2 Å². The highest BCUT2D eigenvalue weighted by Crippen LogP contribution is 2.18. The Morgan fingerprint density at radius 3 is 0.897 bits per heavy atom. The van der Waals surface area contributed by atoms with Gasteiger partial charge in [-0.3, -0.25) is 14.4 Å². The lowest BCUT2D eigenvalue weighted by Gasteiger charge is -2.18. The number of carbonyl (C=O) groups is 3. The summed E-state index contributed by atoms with van der Waals surface area (Å²) < 4.78 is 16.7. The van der Waals surface area contributed by atoms with Gasteiger partial charge in [-0.05, 0) is 37.0 Å². The van der Waals surface area contributed by atoms with E-state index in [1.807, 2.05) is 0 Å². The third-order valence-electron chi connectivity index (χ3n) is 12.0. The van der Waals surface area contributed by atoms with E-state index >= 15 is 0 Å². The number of esters is 3. The Morgan fingerprint density at radius 1 is 0.345 bits per heavy atom. The van der Waals surface area contributed by atoms with Gasteiger partial charge in [-0.2, -0.15) is 0 Å². The predicted octanol–water partition coefficient (Wildman–Crippen LogP) is 16.4. The fourth-order valence-electron chi connectivity index (χ4n) is 7.73. The molecule has 0 aromatic heterocycles. The number of ether oxygens (including phenoxy) is 3. The zero-order valence-electron chi connectivity index (χ0n) is 39.8. The van der Waals surface area contributed by atoms with Crippen molar-refractivity contribution in [1.29, 1.82) is 0 Å². The normalized spacial score (nSPS) is 12.6. The first-order valence-corrected chi connectivity index (χ1v) is 25.6. The van der Waals surface area contributed by atoms with E-state index in [4.69, 9.17) is 14.2 Å². The van der Waals surface area contributed by atoms with Gasteiger partial charge >= 0.3 is 17.9 Å². The van der Waals surface area contributed by atoms with Crippen molar-refractivity contribution in [3.63, 3.8) is 0 Å². The van der Waals surface area contributed by atoms with Crippen LogP contribution >= 0.6 is 0 Å². The number of hydrogen-bond donors (Lipinski definition) is 0. The molecule has 0 spiro atoms. The van der Waals surface area contributed by atoms with Gasteiger partial charge in [-0.15, -0.1) is 0 Å². The summed E-state index contributed by atoms with van der Waals surface area (Å²) in [4.78, 5) is 37.8. The SMILES string of the molecule is CCC(C)CCCCCCCCC(=O)OC[C@H](COC(=O)CCCCCCCCCCCCCCCCCCCCC(C)C)OC(=O)CCCCCCCCC(C)C. The summed E-state index contributed by atoms with van der Waals surface area (Å²) in [6.07, 6.45) is 42.6. The summed E-state index contributed by atoms with van der Waals surface area (Å²) in [7, 11) is 0. The van der Waals surface area contributed by atoms with E-state index in [0.29, 0.717) is 19.3 Å². The van der Waals surface area contributed by atoms with Crippen LogP contribution in [0.15, 0.2) is 0 Å². The van der Waals surface area contributed by atoms with Gasteiger partial charge in [-0.1, -0.05) is 241 Å². The monoisotopic (exact) mass is 821 g/mol. The third kappa shape index (κ3) is 44.0. The maximum atomic E-state index is 12.7. The van der Waals surface area contributed by atoms with E-state index in [1.165, 1.54) is 161 Å². The molecule has 0 aliphatic heterocycles. The Balaban J connectivity index is 4.16. The van der Waals surface area contributed by atoms with Crippen molar-refractivity contribution in [2.75, 3.05) is 13.2 Å². The lowest BCUT2D eigenvalue weighted by molar-refractivity contribution is -0.167. The van der Waals surface area contributed by atoms with Crippen LogP contribution in [0.1, 0.15) is 279 Å². The van der Waals surface area contributed by atoms with Crippen LogP contribution in [-0.2, 0) is 28.6 Å². The number of hydrogen-bond acceptors (Lipinski definition) is 6. The Kier molecular flexibility index (Phi) is 42.3. The van der Waals surface area contributed by atoms with Gasteiger partial charge in [-0.25, -0.2) is 0 Å². The van der Waals surface area contributed by atoms with Gasteiger partial charge in [0.25, 0.3) is 0 Å². The van der Waals surface area contributed by atoms with Gasteiger partial charge in [0.2, 0.25) is 0 Å². The zero-order valence-corrected chi connectivity index (χ0v) is 39.8. The summed E-state index contributed by atoms with van der Waals surface area (Å²) in [6, 6.07) is 0. The lowest BCUT2D eigenvalue weighted by atomic mass is 10.00. The molecule has 0 saturated heterocycles. The molecule has 0 aliphatic carbocycles. The molecule has 0 aliphatic rings. The van der Waals surface area contributed by atoms with Crippen molar-refractivity contribution >= 4 is 17.9 Å². The maximum absolute atomic E-state index is 12.7. The van der Waals surface area contributed by atoms with E-state index in [9.17, 15) is 14.4 Å². The predicted molar refractivity (Wildman–Crippen MR) is 247 cm³/mol. The average molecular weight is 821 g/mol. The number of carbonyl (C=O) groups excluding carboxylic acids is 3. The fraction of sp³-hybridized carbons (Fsp3) is 0.942. The van der Waals surface area contributed by atoms with E-state index in [2.05, 4.69) is 41.5 Å². The Labute approximate surface area is 361 Å². The highest BCUT2D eigenvalue weighted by molar-refractivity contribution is 5.71. The highest BCUT2D eigenvalue weighted by Gasteiger charge is 2.19. The van der Waals surface area contributed by atoms with Crippen molar-refractivity contribution in [2.24, 2.45) is 17.8 Å². The first-order valence-electron chi connectivity index (χ1n) is 25.6. The Morgan fingerprint density at radius 2 is 0.603 bits per heavy atom. The van der Waals surface area contributed by atoms with Gasteiger partial charge < -0.3 is 14.2 Å². The lowest BCUT2D eigenvalue weighted by Crippen LogP contribution is -2.30. The van der Waals surface area contributed by atoms with E-state index in [1.54, 1.807) is 0 Å². The highest BCUT2D eigenvalue weighted by atomic mass is 16.6. The Hall–Kier alpha value is -1.59. The molecule has 0 rings (SSSR count). The molecule has 58 heavy (non-hydrogen) atoms. The number of rotatable bonds is 45. The van der Waals surface area contributed by atoms with Crippen LogP contribution in [0.4, 0.5) is 0 Å². The molecular weight excluding hydrogens is 721 g/mol. The summed E-state index contributed by atoms with van der Waals surface area (Å²) in [6.45, 7) is 13.6. The maximum Gasteiger partial charge on any atom is 0.306 e. The molecule has 0 bridgehead atoms. The smallest absolute Gasteiger partial charge is 0.306 e. The van der Waals surface area contributed by atoms with Crippen LogP contribution < -0.4 is 0 Å². The second kappa shape index (κ2) is 43.5. The van der Waals surface area contributed by atoms with Crippen molar-refractivity contribution in [2.45, 2.75) is 285 Å². The van der Waals surface area contributed by atoms with Crippen LogP contribution in [-0.4, -0.2) is 37.2 Å². The minimum atomic E-state index is -0.763. The molecule has 0 aromatic rings. The molecule has 0 N–H and O–H groups in total. The molecule has 6 nitrogen and oxygen atoms in total. The molecule has 6 heteroatoms. The van der Waals surface area contributed by atoms with Crippen LogP contribution in [0.5, 0.6) is 0 Å². The molecule has 0 saturated carbocycles. The molecule has 2 atom stereocenters. The summed E-state index contributed by atoms with van der Waals surface area (Å²) in [5, 5.41) is 0. The van der Waals surface area contributed by atoms with Crippen molar-refractivity contribution in [3.8, 4) is 0 Å². The second-order valence-electron chi connectivity index (χ2n) is 19.0. The van der Waals surface area contributed by atoms with Crippen molar-refractivity contribution in [1.82, 2.24) is 0 Å². The quantitative estimate of drug-likeness (QED) is 0.0346. The molecule has 0 fully saturated rings.